The molecule has 3 aromatic rings. The summed E-state index contributed by atoms with van der Waals surface area (Å²) in [6.07, 6.45) is 3.11. The summed E-state index contributed by atoms with van der Waals surface area (Å²) in [5, 5.41) is 3.05. The fraction of sp³-hybridized carbons (Fsp3) is 0.263. The van der Waals surface area contributed by atoms with E-state index in [0.717, 1.165) is 11.1 Å². The zero-order valence-electron chi connectivity index (χ0n) is 15.4. The number of hydrogen-bond acceptors (Lipinski definition) is 6. The van der Waals surface area contributed by atoms with Crippen LogP contribution in [0, 0.1) is 5.92 Å². The van der Waals surface area contributed by atoms with Gasteiger partial charge in [0.05, 0.1) is 35.9 Å². The lowest BCUT2D eigenvalue weighted by Crippen LogP contribution is -2.32. The van der Waals surface area contributed by atoms with Crippen molar-refractivity contribution >= 4 is 22.5 Å². The maximum absolute atomic E-state index is 12.9. The van der Waals surface area contributed by atoms with Gasteiger partial charge in [0.15, 0.2) is 0 Å². The highest BCUT2D eigenvalue weighted by molar-refractivity contribution is 5.84. The zero-order chi connectivity index (χ0) is 19.6. The van der Waals surface area contributed by atoms with E-state index in [2.05, 4.69) is 15.3 Å². The highest BCUT2D eigenvalue weighted by Gasteiger charge is 2.14. The smallest absolute Gasteiger partial charge is 0.261 e. The number of ether oxygens (including phenoxy) is 1. The maximum Gasteiger partial charge on any atom is 0.261 e. The molecule has 1 atom stereocenters. The Labute approximate surface area is 156 Å². The average Bonchev–Trinajstić information content (AvgIpc) is 2.69. The summed E-state index contributed by atoms with van der Waals surface area (Å²) in [6, 6.07) is 7.14. The Morgan fingerprint density at radius 1 is 1.30 bits per heavy atom. The molecule has 8 heteroatoms. The molecule has 0 spiro atoms. The molecule has 0 aliphatic carbocycles. The number of amides is 1. The maximum atomic E-state index is 12.9. The van der Waals surface area contributed by atoms with Gasteiger partial charge < -0.3 is 15.8 Å². The van der Waals surface area contributed by atoms with E-state index >= 15 is 0 Å². The molecule has 3 N–H and O–H groups in total. The molecule has 0 saturated heterocycles. The number of carbonyl (C=O) groups is 1. The first-order valence-electron chi connectivity index (χ1n) is 8.45. The summed E-state index contributed by atoms with van der Waals surface area (Å²) in [5.41, 5.74) is 8.29. The van der Waals surface area contributed by atoms with Gasteiger partial charge in [-0.2, -0.15) is 0 Å². The van der Waals surface area contributed by atoms with Gasteiger partial charge in [-0.1, -0.05) is 13.0 Å². The molecule has 2 aromatic heterocycles. The third-order valence-electron chi connectivity index (χ3n) is 4.39. The van der Waals surface area contributed by atoms with Crippen LogP contribution in [0.2, 0.25) is 0 Å². The van der Waals surface area contributed by atoms with Gasteiger partial charge in [0.25, 0.3) is 5.56 Å². The minimum absolute atomic E-state index is 0.129. The standard InChI is InChI=1S/C19H21N5O3/c1-11(17(25)21-2)9-24-10-23-16-5-4-12(6-14(16)19(24)26)13-7-15(20)18(27-3)22-8-13/h4-8,10-11H,9,20H2,1-3H3,(H,21,25). The summed E-state index contributed by atoms with van der Waals surface area (Å²) in [5.74, 6) is -0.122. The van der Waals surface area contributed by atoms with Crippen molar-refractivity contribution in [1.29, 1.82) is 0 Å². The van der Waals surface area contributed by atoms with Gasteiger partial charge in [-0.25, -0.2) is 9.97 Å². The molecule has 0 radical (unpaired) electrons. The Morgan fingerprint density at radius 2 is 2.07 bits per heavy atom. The summed E-state index contributed by atoms with van der Waals surface area (Å²) in [4.78, 5) is 33.1. The first kappa shape index (κ1) is 18.4. The number of nitrogens with zero attached hydrogens (tertiary/aromatic N) is 3. The van der Waals surface area contributed by atoms with Crippen molar-refractivity contribution in [2.24, 2.45) is 5.92 Å². The second kappa shape index (κ2) is 7.45. The van der Waals surface area contributed by atoms with E-state index in [4.69, 9.17) is 10.5 Å². The molecular weight excluding hydrogens is 346 g/mol. The molecule has 0 saturated carbocycles. The second-order valence-corrected chi connectivity index (χ2v) is 6.27. The Kier molecular flexibility index (Phi) is 5.07. The number of nitrogens with one attached hydrogen (secondary N) is 1. The number of nitrogen functional groups attached to an aromatic ring is 1. The highest BCUT2D eigenvalue weighted by atomic mass is 16.5. The Balaban J connectivity index is 2.03. The quantitative estimate of drug-likeness (QED) is 0.705. The lowest BCUT2D eigenvalue weighted by molar-refractivity contribution is -0.124. The van der Waals surface area contributed by atoms with E-state index < -0.39 is 0 Å². The summed E-state index contributed by atoms with van der Waals surface area (Å²) >= 11 is 0. The van der Waals surface area contributed by atoms with Gasteiger partial charge >= 0.3 is 0 Å². The van der Waals surface area contributed by atoms with Crippen LogP contribution in [0.25, 0.3) is 22.0 Å². The first-order chi connectivity index (χ1) is 12.9. The number of pyridine rings is 1. The zero-order valence-corrected chi connectivity index (χ0v) is 15.4. The van der Waals surface area contributed by atoms with Gasteiger partial charge in [0, 0.05) is 25.4 Å². The van der Waals surface area contributed by atoms with E-state index in [1.807, 2.05) is 6.07 Å². The molecule has 8 nitrogen and oxygen atoms in total. The molecule has 1 unspecified atom stereocenters. The highest BCUT2D eigenvalue weighted by Crippen LogP contribution is 2.27. The first-order valence-corrected chi connectivity index (χ1v) is 8.45. The van der Waals surface area contributed by atoms with Crippen molar-refractivity contribution in [3.8, 4) is 17.0 Å². The van der Waals surface area contributed by atoms with Gasteiger partial charge in [0.2, 0.25) is 11.8 Å². The van der Waals surface area contributed by atoms with Gasteiger partial charge in [-0.05, 0) is 23.8 Å². The Morgan fingerprint density at radius 3 is 2.74 bits per heavy atom. The number of anilines is 1. The minimum atomic E-state index is -0.347. The van der Waals surface area contributed by atoms with E-state index in [1.165, 1.54) is 18.0 Å². The van der Waals surface area contributed by atoms with E-state index in [-0.39, 0.29) is 23.9 Å². The lowest BCUT2D eigenvalue weighted by atomic mass is 10.0. The van der Waals surface area contributed by atoms with Crippen molar-refractivity contribution in [3.05, 3.63) is 47.1 Å². The van der Waals surface area contributed by atoms with Crippen LogP contribution in [0.4, 0.5) is 5.69 Å². The number of fused-ring (bicyclic) bond motifs is 1. The van der Waals surface area contributed by atoms with Crippen molar-refractivity contribution in [2.45, 2.75) is 13.5 Å². The van der Waals surface area contributed by atoms with Crippen molar-refractivity contribution < 1.29 is 9.53 Å². The van der Waals surface area contributed by atoms with E-state index in [0.29, 0.717) is 22.5 Å². The fourth-order valence-electron chi connectivity index (χ4n) is 2.89. The second-order valence-electron chi connectivity index (χ2n) is 6.27. The van der Waals surface area contributed by atoms with Crippen molar-refractivity contribution in [1.82, 2.24) is 19.9 Å². The number of aromatic nitrogens is 3. The molecule has 0 aliphatic rings. The molecule has 140 valence electrons. The Hall–Kier alpha value is -3.42. The minimum Gasteiger partial charge on any atom is -0.480 e. The number of benzene rings is 1. The molecule has 2 heterocycles. The molecule has 0 bridgehead atoms. The third-order valence-corrected chi connectivity index (χ3v) is 4.39. The van der Waals surface area contributed by atoms with Crippen LogP contribution in [0.5, 0.6) is 5.88 Å². The molecular formula is C19H21N5O3. The number of carbonyl (C=O) groups excluding carboxylic acids is 1. The number of nitrogens with two attached hydrogens (primary N) is 1. The van der Waals surface area contributed by atoms with Crippen LogP contribution < -0.4 is 21.3 Å². The van der Waals surface area contributed by atoms with Crippen LogP contribution in [0.1, 0.15) is 6.92 Å². The predicted molar refractivity (Wildman–Crippen MR) is 103 cm³/mol. The van der Waals surface area contributed by atoms with Crippen LogP contribution in [-0.4, -0.2) is 34.6 Å². The normalized spacial score (nSPS) is 12.0. The SMILES string of the molecule is CNC(=O)C(C)Cn1cnc2ccc(-c3cnc(OC)c(N)c3)cc2c1=O. The molecule has 1 aromatic carbocycles. The third kappa shape index (κ3) is 3.59. The monoisotopic (exact) mass is 367 g/mol. The van der Waals surface area contributed by atoms with Gasteiger partial charge in [-0.3, -0.25) is 14.2 Å². The van der Waals surface area contributed by atoms with Crippen LogP contribution in [-0.2, 0) is 11.3 Å². The van der Waals surface area contributed by atoms with Crippen LogP contribution in [0.15, 0.2) is 41.6 Å². The summed E-state index contributed by atoms with van der Waals surface area (Å²) < 4.78 is 6.53. The number of rotatable bonds is 5. The Bertz CT molecular complexity index is 1060. The molecule has 0 fully saturated rings. The van der Waals surface area contributed by atoms with Crippen LogP contribution in [0.3, 0.4) is 0 Å². The summed E-state index contributed by atoms with van der Waals surface area (Å²) in [6.45, 7) is 2.01. The van der Waals surface area contributed by atoms with Gasteiger partial charge in [-0.15, -0.1) is 0 Å². The fourth-order valence-corrected chi connectivity index (χ4v) is 2.89. The molecule has 3 rings (SSSR count). The summed E-state index contributed by atoms with van der Waals surface area (Å²) in [7, 11) is 3.07. The van der Waals surface area contributed by atoms with E-state index in [1.54, 1.807) is 38.4 Å². The van der Waals surface area contributed by atoms with Crippen LogP contribution >= 0.6 is 0 Å². The number of hydrogen-bond donors (Lipinski definition) is 2. The number of methoxy groups -OCH3 is 1. The predicted octanol–water partition coefficient (Wildman–Crippen LogP) is 1.43. The van der Waals surface area contributed by atoms with Crippen molar-refractivity contribution in [2.75, 3.05) is 19.9 Å². The van der Waals surface area contributed by atoms with E-state index in [9.17, 15) is 9.59 Å². The lowest BCUT2D eigenvalue weighted by Gasteiger charge is -2.12. The topological polar surface area (TPSA) is 112 Å². The van der Waals surface area contributed by atoms with Gasteiger partial charge in [0.1, 0.15) is 0 Å². The molecule has 1 amide bonds. The van der Waals surface area contributed by atoms with Crippen molar-refractivity contribution in [3.63, 3.8) is 0 Å². The molecule has 27 heavy (non-hydrogen) atoms. The molecule has 0 aliphatic heterocycles. The average molecular weight is 367 g/mol. The largest absolute Gasteiger partial charge is 0.480 e.